The Balaban J connectivity index is 3.28. The van der Waals surface area contributed by atoms with Crippen molar-refractivity contribution in [1.29, 1.82) is 0 Å². The predicted molar refractivity (Wildman–Crippen MR) is 75.7 cm³/mol. The Bertz CT molecular complexity index is 718. The van der Waals surface area contributed by atoms with Gasteiger partial charge in [-0.3, -0.25) is 0 Å². The number of terminal acetylenes is 1. The number of primary sulfonamides is 1. The molecule has 0 aliphatic heterocycles. The molecule has 20 heavy (non-hydrogen) atoms. The third kappa shape index (κ3) is 4.05. The molecule has 0 fully saturated rings. The van der Waals surface area contributed by atoms with E-state index in [-0.39, 0.29) is 11.3 Å². The molecule has 0 aromatic heterocycles. The van der Waals surface area contributed by atoms with Crippen molar-refractivity contribution >= 4 is 20.0 Å². The molecular weight excluding hydrogens is 300 g/mol. The molecule has 1 aromatic rings. The fourth-order valence-electron chi connectivity index (χ4n) is 1.60. The molecule has 3 N–H and O–H groups in total. The van der Waals surface area contributed by atoms with Crippen LogP contribution < -0.4 is 9.86 Å². The molecule has 0 aliphatic rings. The lowest BCUT2D eigenvalue weighted by atomic mass is 10.2. The van der Waals surface area contributed by atoms with E-state index in [1.54, 1.807) is 6.92 Å². The zero-order valence-corrected chi connectivity index (χ0v) is 12.5. The zero-order valence-electron chi connectivity index (χ0n) is 10.9. The summed E-state index contributed by atoms with van der Waals surface area (Å²) in [6, 6.07) is 4.69. The van der Waals surface area contributed by atoms with Crippen molar-refractivity contribution in [2.24, 2.45) is 5.14 Å². The molecule has 0 saturated heterocycles. The van der Waals surface area contributed by atoms with E-state index >= 15 is 0 Å². The Labute approximate surface area is 119 Å². The Morgan fingerprint density at radius 2 is 1.80 bits per heavy atom. The fourth-order valence-corrected chi connectivity index (χ4v) is 4.30. The third-order valence-corrected chi connectivity index (χ3v) is 5.30. The van der Waals surface area contributed by atoms with Gasteiger partial charge in [-0.2, -0.15) is 0 Å². The summed E-state index contributed by atoms with van der Waals surface area (Å²) >= 11 is 0. The molecule has 1 rings (SSSR count). The van der Waals surface area contributed by atoms with E-state index in [0.717, 1.165) is 6.07 Å². The number of rotatable bonds is 6. The van der Waals surface area contributed by atoms with Crippen LogP contribution in [0.2, 0.25) is 0 Å². The molecule has 1 unspecified atom stereocenters. The van der Waals surface area contributed by atoms with Gasteiger partial charge in [0.25, 0.3) is 0 Å². The van der Waals surface area contributed by atoms with Crippen molar-refractivity contribution in [3.63, 3.8) is 0 Å². The molecule has 1 aromatic carbocycles. The number of sulfonamides is 2. The lowest BCUT2D eigenvalue weighted by molar-refractivity contribution is 0.540. The van der Waals surface area contributed by atoms with Gasteiger partial charge in [-0.25, -0.2) is 26.7 Å². The van der Waals surface area contributed by atoms with Crippen LogP contribution in [0.5, 0.6) is 0 Å². The van der Waals surface area contributed by atoms with Crippen LogP contribution in [0.15, 0.2) is 34.1 Å². The summed E-state index contributed by atoms with van der Waals surface area (Å²) in [7, 11) is -8.14. The molecule has 6 nitrogen and oxygen atoms in total. The van der Waals surface area contributed by atoms with Crippen molar-refractivity contribution < 1.29 is 16.8 Å². The van der Waals surface area contributed by atoms with E-state index in [2.05, 4.69) is 10.6 Å². The molecule has 0 saturated carbocycles. The average molecular weight is 316 g/mol. The van der Waals surface area contributed by atoms with Crippen molar-refractivity contribution in [1.82, 2.24) is 4.72 Å². The molecule has 8 heteroatoms. The largest absolute Gasteiger partial charge is 0.242 e. The summed E-state index contributed by atoms with van der Waals surface area (Å²) < 4.78 is 49.7. The molecule has 0 heterocycles. The summed E-state index contributed by atoms with van der Waals surface area (Å²) in [6.45, 7) is 1.77. The van der Waals surface area contributed by atoms with E-state index in [1.807, 2.05) is 0 Å². The lowest BCUT2D eigenvalue weighted by Crippen LogP contribution is -2.35. The van der Waals surface area contributed by atoms with Crippen LogP contribution in [0.4, 0.5) is 0 Å². The molecule has 0 aliphatic carbocycles. The standard InChI is InChI=1S/C12H16N2O4S2/c1-3-7-10(4-2)14-20(17,18)12-9-6-5-8-11(12)19(13,15)16/h1,5-6,8-10,14H,4,7H2,2H3,(H2,13,15,16). The number of hydrogen-bond donors (Lipinski definition) is 2. The highest BCUT2D eigenvalue weighted by Gasteiger charge is 2.25. The second-order valence-electron chi connectivity index (χ2n) is 4.13. The monoisotopic (exact) mass is 316 g/mol. The molecular formula is C12H16N2O4S2. The van der Waals surface area contributed by atoms with Crippen molar-refractivity contribution in [2.45, 2.75) is 35.6 Å². The number of benzene rings is 1. The smallest absolute Gasteiger partial charge is 0.225 e. The van der Waals surface area contributed by atoms with Crippen LogP contribution in [-0.4, -0.2) is 22.9 Å². The summed E-state index contributed by atoms with van der Waals surface area (Å²) in [4.78, 5) is -0.818. The quantitative estimate of drug-likeness (QED) is 0.741. The van der Waals surface area contributed by atoms with E-state index in [0.29, 0.717) is 6.42 Å². The predicted octanol–water partition coefficient (Wildman–Crippen LogP) is 0.414. The Morgan fingerprint density at radius 1 is 1.25 bits per heavy atom. The number of nitrogens with one attached hydrogen (secondary N) is 1. The first kappa shape index (κ1) is 16.7. The van der Waals surface area contributed by atoms with Crippen LogP contribution in [0.3, 0.4) is 0 Å². The van der Waals surface area contributed by atoms with Gasteiger partial charge >= 0.3 is 0 Å². The van der Waals surface area contributed by atoms with Gasteiger partial charge in [-0.05, 0) is 18.6 Å². The molecule has 0 bridgehead atoms. The van der Waals surface area contributed by atoms with Gasteiger partial charge in [0.15, 0.2) is 0 Å². The molecule has 1 atom stereocenters. The highest BCUT2D eigenvalue weighted by Crippen LogP contribution is 2.20. The minimum absolute atomic E-state index is 0.216. The van der Waals surface area contributed by atoms with Crippen LogP contribution >= 0.6 is 0 Å². The number of nitrogens with two attached hydrogens (primary N) is 1. The van der Waals surface area contributed by atoms with Gasteiger partial charge in [0.1, 0.15) is 9.79 Å². The summed E-state index contributed by atoms with van der Waals surface area (Å²) in [6.07, 6.45) is 5.86. The van der Waals surface area contributed by atoms with Crippen molar-refractivity contribution in [2.75, 3.05) is 0 Å². The van der Waals surface area contributed by atoms with Gasteiger partial charge in [-0.15, -0.1) is 12.3 Å². The second-order valence-corrected chi connectivity index (χ2v) is 7.34. The average Bonchev–Trinajstić information content (AvgIpc) is 2.37. The fraction of sp³-hybridized carbons (Fsp3) is 0.333. The van der Waals surface area contributed by atoms with Crippen LogP contribution in [-0.2, 0) is 20.0 Å². The maximum absolute atomic E-state index is 12.2. The molecule has 0 amide bonds. The first-order valence-corrected chi connectivity index (χ1v) is 8.83. The van der Waals surface area contributed by atoms with E-state index in [1.165, 1.54) is 18.2 Å². The third-order valence-electron chi connectivity index (χ3n) is 2.62. The summed E-state index contributed by atoms with van der Waals surface area (Å²) in [5.74, 6) is 2.37. The van der Waals surface area contributed by atoms with Gasteiger partial charge in [-0.1, -0.05) is 19.1 Å². The van der Waals surface area contributed by atoms with Crippen LogP contribution in [0, 0.1) is 12.3 Å². The normalized spacial score (nSPS) is 13.7. The first-order chi connectivity index (χ1) is 9.22. The zero-order chi connectivity index (χ0) is 15.4. The molecule has 0 spiro atoms. The second kappa shape index (κ2) is 6.37. The van der Waals surface area contributed by atoms with Gasteiger partial charge in [0.2, 0.25) is 20.0 Å². The van der Waals surface area contributed by atoms with Gasteiger partial charge < -0.3 is 0 Å². The minimum Gasteiger partial charge on any atom is -0.225 e. The van der Waals surface area contributed by atoms with E-state index < -0.39 is 31.0 Å². The highest BCUT2D eigenvalue weighted by atomic mass is 32.2. The van der Waals surface area contributed by atoms with Gasteiger partial charge in [0.05, 0.1) is 0 Å². The maximum atomic E-state index is 12.2. The maximum Gasteiger partial charge on any atom is 0.242 e. The number of hydrogen-bond acceptors (Lipinski definition) is 4. The van der Waals surface area contributed by atoms with Crippen molar-refractivity contribution in [3.05, 3.63) is 24.3 Å². The first-order valence-electron chi connectivity index (χ1n) is 5.80. The van der Waals surface area contributed by atoms with Crippen LogP contribution in [0.1, 0.15) is 19.8 Å². The summed E-state index contributed by atoms with van der Waals surface area (Å²) in [5, 5.41) is 5.02. The highest BCUT2D eigenvalue weighted by molar-refractivity contribution is 7.92. The van der Waals surface area contributed by atoms with Crippen molar-refractivity contribution in [3.8, 4) is 12.3 Å². The molecule has 0 radical (unpaired) electrons. The molecule has 110 valence electrons. The Hall–Kier alpha value is -1.40. The topological polar surface area (TPSA) is 106 Å². The lowest BCUT2D eigenvalue weighted by Gasteiger charge is -2.16. The van der Waals surface area contributed by atoms with E-state index in [4.69, 9.17) is 11.6 Å². The Morgan fingerprint density at radius 3 is 2.25 bits per heavy atom. The van der Waals surface area contributed by atoms with Gasteiger partial charge in [0, 0.05) is 12.5 Å². The minimum atomic E-state index is -4.13. The van der Waals surface area contributed by atoms with Crippen LogP contribution in [0.25, 0.3) is 0 Å². The summed E-state index contributed by atoms with van der Waals surface area (Å²) in [5.41, 5.74) is 0. The Kier molecular flexibility index (Phi) is 5.30. The van der Waals surface area contributed by atoms with E-state index in [9.17, 15) is 16.8 Å². The SMILES string of the molecule is C#CCC(CC)NS(=O)(=O)c1ccccc1S(N)(=O)=O.